The average Bonchev–Trinajstić information content (AvgIpc) is 2.50. The van der Waals surface area contributed by atoms with Crippen LogP contribution in [0.5, 0.6) is 0 Å². The van der Waals surface area contributed by atoms with Crippen molar-refractivity contribution in [1.82, 2.24) is 10.6 Å². The zero-order chi connectivity index (χ0) is 16.5. The van der Waals surface area contributed by atoms with Crippen molar-refractivity contribution in [2.45, 2.75) is 65.3 Å². The maximum absolute atomic E-state index is 5.44. The summed E-state index contributed by atoms with van der Waals surface area (Å²) < 4.78 is 10.4. The van der Waals surface area contributed by atoms with Crippen molar-refractivity contribution in [2.75, 3.05) is 40.0 Å². The summed E-state index contributed by atoms with van der Waals surface area (Å²) in [6.07, 6.45) is 7.15. The summed E-state index contributed by atoms with van der Waals surface area (Å²) in [7, 11) is 1.69. The molecule has 2 N–H and O–H groups in total. The quantitative estimate of drug-likeness (QED) is 0.187. The van der Waals surface area contributed by atoms with Gasteiger partial charge in [0.1, 0.15) is 0 Å². The van der Waals surface area contributed by atoms with E-state index in [-0.39, 0.29) is 24.0 Å². The van der Waals surface area contributed by atoms with Gasteiger partial charge in [-0.3, -0.25) is 4.99 Å². The molecule has 0 aromatic rings. The number of guanidine groups is 1. The fourth-order valence-corrected chi connectivity index (χ4v) is 2.08. The van der Waals surface area contributed by atoms with E-state index in [1.165, 1.54) is 25.7 Å². The predicted molar refractivity (Wildman–Crippen MR) is 110 cm³/mol. The summed E-state index contributed by atoms with van der Waals surface area (Å²) in [5, 5.41) is 6.80. The molecule has 0 saturated carbocycles. The molecule has 0 aliphatic heterocycles. The molecule has 1 atom stereocenters. The Morgan fingerprint density at radius 1 is 1.04 bits per heavy atom. The largest absolute Gasteiger partial charge is 0.382 e. The molecule has 0 rings (SSSR count). The summed E-state index contributed by atoms with van der Waals surface area (Å²) in [6, 6.07) is 0.474. The molecule has 0 aliphatic carbocycles. The molecule has 0 fully saturated rings. The Balaban J connectivity index is 0. The second-order valence-electron chi connectivity index (χ2n) is 5.61. The molecule has 0 heterocycles. The number of hydrogen-bond donors (Lipinski definition) is 2. The molecule has 0 spiro atoms. The van der Waals surface area contributed by atoms with Crippen molar-refractivity contribution in [3.05, 3.63) is 0 Å². The SMILES string of the molecule is CCCCCC(C)NC(=NCCCCOCCOC)NCC.I. The second kappa shape index (κ2) is 20.0. The van der Waals surface area contributed by atoms with Crippen molar-refractivity contribution in [3.8, 4) is 0 Å². The number of nitrogens with zero attached hydrogens (tertiary/aromatic N) is 1. The lowest BCUT2D eigenvalue weighted by molar-refractivity contribution is 0.0690. The number of unbranched alkanes of at least 4 members (excludes halogenated alkanes) is 3. The van der Waals surface area contributed by atoms with Crippen LogP contribution in [0.1, 0.15) is 59.3 Å². The van der Waals surface area contributed by atoms with E-state index in [9.17, 15) is 0 Å². The molecular weight excluding hydrogens is 405 g/mol. The van der Waals surface area contributed by atoms with E-state index in [1.54, 1.807) is 7.11 Å². The summed E-state index contributed by atoms with van der Waals surface area (Å²) in [4.78, 5) is 4.63. The molecule has 0 radical (unpaired) electrons. The van der Waals surface area contributed by atoms with Crippen molar-refractivity contribution in [3.63, 3.8) is 0 Å². The lowest BCUT2D eigenvalue weighted by Gasteiger charge is -2.17. The van der Waals surface area contributed by atoms with E-state index >= 15 is 0 Å². The van der Waals surface area contributed by atoms with Gasteiger partial charge < -0.3 is 20.1 Å². The van der Waals surface area contributed by atoms with Crippen LogP contribution in [0.2, 0.25) is 0 Å². The minimum absolute atomic E-state index is 0. The minimum Gasteiger partial charge on any atom is -0.382 e. The first kappa shape index (κ1) is 25.2. The van der Waals surface area contributed by atoms with Crippen LogP contribution in [0.25, 0.3) is 0 Å². The molecule has 23 heavy (non-hydrogen) atoms. The smallest absolute Gasteiger partial charge is 0.191 e. The zero-order valence-corrected chi connectivity index (χ0v) is 17.9. The fourth-order valence-electron chi connectivity index (χ4n) is 2.08. The van der Waals surface area contributed by atoms with E-state index in [2.05, 4.69) is 36.4 Å². The Bertz CT molecular complexity index is 266. The minimum atomic E-state index is 0. The van der Waals surface area contributed by atoms with Crippen molar-refractivity contribution in [2.24, 2.45) is 4.99 Å². The first-order valence-corrected chi connectivity index (χ1v) is 8.86. The topological polar surface area (TPSA) is 54.9 Å². The first-order chi connectivity index (χ1) is 10.7. The number of methoxy groups -OCH3 is 1. The molecule has 0 aliphatic rings. The van der Waals surface area contributed by atoms with Crippen molar-refractivity contribution >= 4 is 29.9 Å². The van der Waals surface area contributed by atoms with E-state index in [4.69, 9.17) is 9.47 Å². The third-order valence-corrected chi connectivity index (χ3v) is 3.37. The summed E-state index contributed by atoms with van der Waals surface area (Å²) in [5.74, 6) is 0.937. The summed E-state index contributed by atoms with van der Waals surface area (Å²) in [5.41, 5.74) is 0. The molecule has 1 unspecified atom stereocenters. The van der Waals surface area contributed by atoms with Crippen molar-refractivity contribution in [1.29, 1.82) is 0 Å². The average molecular weight is 443 g/mol. The molecular formula is C17H38IN3O2. The van der Waals surface area contributed by atoms with Gasteiger partial charge in [0.15, 0.2) is 5.96 Å². The van der Waals surface area contributed by atoms with E-state index in [1.807, 2.05) is 0 Å². The van der Waals surface area contributed by atoms with Gasteiger partial charge in [0, 0.05) is 32.8 Å². The standard InChI is InChI=1S/C17H37N3O2.HI/c1-5-7-8-11-16(3)20-17(18-6-2)19-12-9-10-13-22-15-14-21-4;/h16H,5-15H2,1-4H3,(H2,18,19,20);1H. The Morgan fingerprint density at radius 2 is 1.83 bits per heavy atom. The number of aliphatic imine (C=N–C) groups is 1. The van der Waals surface area contributed by atoms with E-state index in [0.29, 0.717) is 19.3 Å². The van der Waals surface area contributed by atoms with Gasteiger partial charge in [-0.25, -0.2) is 0 Å². The van der Waals surface area contributed by atoms with Gasteiger partial charge in [-0.05, 0) is 33.1 Å². The van der Waals surface area contributed by atoms with Crippen molar-refractivity contribution < 1.29 is 9.47 Å². The third kappa shape index (κ3) is 18.1. The molecule has 0 aromatic carbocycles. The first-order valence-electron chi connectivity index (χ1n) is 8.86. The van der Waals surface area contributed by atoms with E-state index in [0.717, 1.165) is 38.5 Å². The lowest BCUT2D eigenvalue weighted by atomic mass is 10.1. The predicted octanol–water partition coefficient (Wildman–Crippen LogP) is 3.57. The molecule has 0 aromatic heterocycles. The van der Waals surface area contributed by atoms with Gasteiger partial charge in [-0.15, -0.1) is 24.0 Å². The molecule has 0 bridgehead atoms. The Hall–Kier alpha value is -0.0800. The van der Waals surface area contributed by atoms with Crippen LogP contribution in [0.15, 0.2) is 4.99 Å². The monoisotopic (exact) mass is 443 g/mol. The normalized spacial score (nSPS) is 12.6. The summed E-state index contributed by atoms with van der Waals surface area (Å²) in [6.45, 7) is 10.4. The van der Waals surface area contributed by atoms with Crippen LogP contribution in [-0.4, -0.2) is 52.0 Å². The molecule has 6 heteroatoms. The van der Waals surface area contributed by atoms with Crippen LogP contribution in [0.3, 0.4) is 0 Å². The number of halogens is 1. The number of hydrogen-bond acceptors (Lipinski definition) is 3. The van der Waals surface area contributed by atoms with Gasteiger partial charge in [-0.1, -0.05) is 26.2 Å². The van der Waals surface area contributed by atoms with Crippen LogP contribution < -0.4 is 10.6 Å². The summed E-state index contributed by atoms with van der Waals surface area (Å²) >= 11 is 0. The number of ether oxygens (including phenoxy) is 2. The molecule has 0 saturated heterocycles. The van der Waals surface area contributed by atoms with Gasteiger partial charge in [0.25, 0.3) is 0 Å². The van der Waals surface area contributed by atoms with Gasteiger partial charge in [-0.2, -0.15) is 0 Å². The maximum atomic E-state index is 5.44. The lowest BCUT2D eigenvalue weighted by Crippen LogP contribution is -2.42. The number of rotatable bonds is 14. The van der Waals surface area contributed by atoms with Crippen LogP contribution in [0, 0.1) is 0 Å². The van der Waals surface area contributed by atoms with E-state index < -0.39 is 0 Å². The Morgan fingerprint density at radius 3 is 2.48 bits per heavy atom. The van der Waals surface area contributed by atoms with Crippen LogP contribution >= 0.6 is 24.0 Å². The van der Waals surface area contributed by atoms with Crippen LogP contribution in [0.4, 0.5) is 0 Å². The number of nitrogens with one attached hydrogen (secondary N) is 2. The van der Waals surface area contributed by atoms with Crippen LogP contribution in [-0.2, 0) is 9.47 Å². The highest BCUT2D eigenvalue weighted by molar-refractivity contribution is 14.0. The van der Waals surface area contributed by atoms with Gasteiger partial charge in [0.2, 0.25) is 0 Å². The Kier molecular flexibility index (Phi) is 21.8. The Labute approximate surface area is 160 Å². The highest BCUT2D eigenvalue weighted by Crippen LogP contribution is 2.02. The zero-order valence-electron chi connectivity index (χ0n) is 15.5. The fraction of sp³-hybridized carbons (Fsp3) is 0.941. The highest BCUT2D eigenvalue weighted by Gasteiger charge is 2.04. The molecule has 5 nitrogen and oxygen atoms in total. The molecule has 0 amide bonds. The molecule has 140 valence electrons. The van der Waals surface area contributed by atoms with Gasteiger partial charge in [0.05, 0.1) is 13.2 Å². The van der Waals surface area contributed by atoms with Gasteiger partial charge >= 0.3 is 0 Å². The highest BCUT2D eigenvalue weighted by atomic mass is 127. The second-order valence-corrected chi connectivity index (χ2v) is 5.61. The third-order valence-electron chi connectivity index (χ3n) is 3.37. The maximum Gasteiger partial charge on any atom is 0.191 e.